The molecule has 3 heterocycles. The van der Waals surface area contributed by atoms with Crippen LogP contribution in [0.15, 0.2) is 12.4 Å². The minimum absolute atomic E-state index is 0.271. The first-order valence-corrected chi connectivity index (χ1v) is 6.93. The maximum atomic E-state index is 5.92. The van der Waals surface area contributed by atoms with Crippen LogP contribution in [0.1, 0.15) is 32.0 Å². The molecule has 0 aromatic carbocycles. The number of hydrogen-bond donors (Lipinski definition) is 2. The lowest BCUT2D eigenvalue weighted by molar-refractivity contribution is 0.0855. The van der Waals surface area contributed by atoms with E-state index in [4.69, 9.17) is 10.6 Å². The molecule has 0 amide bonds. The molecule has 1 aromatic heterocycles. The molecule has 0 radical (unpaired) electrons. The summed E-state index contributed by atoms with van der Waals surface area (Å²) < 4.78 is 8.10. The number of aryl methyl sites for hydroxylation is 1. The number of aromatic nitrogens is 2. The summed E-state index contributed by atoms with van der Waals surface area (Å²) in [5.41, 5.74) is 2.99. The minimum atomic E-state index is 0.271. The molecule has 2 aliphatic rings. The van der Waals surface area contributed by atoms with Crippen molar-refractivity contribution >= 4 is 0 Å². The highest BCUT2D eigenvalue weighted by molar-refractivity contribution is 5.01. The zero-order valence-corrected chi connectivity index (χ0v) is 10.9. The maximum absolute atomic E-state index is 5.92. The van der Waals surface area contributed by atoms with E-state index in [1.165, 1.54) is 12.8 Å². The number of fused-ring (bicyclic) bond motifs is 2. The van der Waals surface area contributed by atoms with E-state index in [1.807, 2.05) is 12.4 Å². The normalized spacial score (nSPS) is 32.0. The van der Waals surface area contributed by atoms with E-state index < -0.39 is 0 Å². The average Bonchev–Trinajstić information content (AvgIpc) is 3.11. The molecule has 18 heavy (non-hydrogen) atoms. The predicted molar refractivity (Wildman–Crippen MR) is 68.7 cm³/mol. The van der Waals surface area contributed by atoms with Crippen LogP contribution in [0.5, 0.6) is 0 Å². The molecule has 2 saturated heterocycles. The Kier molecular flexibility index (Phi) is 3.37. The summed E-state index contributed by atoms with van der Waals surface area (Å²) in [6.07, 6.45) is 9.21. The molecule has 4 atom stereocenters. The molecule has 0 saturated carbocycles. The first kappa shape index (κ1) is 12.1. The number of imidazole rings is 1. The molecule has 4 unspecified atom stereocenters. The molecule has 3 rings (SSSR count). The number of hydrazine groups is 1. The van der Waals surface area contributed by atoms with Crippen LogP contribution in [0.2, 0.25) is 0 Å². The Morgan fingerprint density at radius 3 is 3.11 bits per heavy atom. The Labute approximate surface area is 108 Å². The summed E-state index contributed by atoms with van der Waals surface area (Å²) in [6, 6.07) is 0.271. The van der Waals surface area contributed by atoms with Crippen molar-refractivity contribution in [3.63, 3.8) is 0 Å². The summed E-state index contributed by atoms with van der Waals surface area (Å²) in [5.74, 6) is 7.40. The first-order chi connectivity index (χ1) is 8.81. The van der Waals surface area contributed by atoms with E-state index in [2.05, 4.69) is 21.9 Å². The highest BCUT2D eigenvalue weighted by Gasteiger charge is 2.44. The van der Waals surface area contributed by atoms with Crippen molar-refractivity contribution < 1.29 is 4.74 Å². The second-order valence-corrected chi connectivity index (χ2v) is 5.38. The number of ether oxygens (including phenoxy) is 1. The van der Waals surface area contributed by atoms with Gasteiger partial charge < -0.3 is 9.30 Å². The molecule has 5 heteroatoms. The van der Waals surface area contributed by atoms with E-state index in [-0.39, 0.29) is 6.04 Å². The lowest BCUT2D eigenvalue weighted by Gasteiger charge is -2.27. The maximum Gasteiger partial charge on any atom is 0.110 e. The van der Waals surface area contributed by atoms with Gasteiger partial charge in [-0.15, -0.1) is 0 Å². The number of nitrogens with zero attached hydrogens (tertiary/aromatic N) is 2. The zero-order chi connectivity index (χ0) is 12.5. The monoisotopic (exact) mass is 250 g/mol. The van der Waals surface area contributed by atoms with Gasteiger partial charge in [-0.05, 0) is 26.2 Å². The van der Waals surface area contributed by atoms with Gasteiger partial charge in [0, 0.05) is 37.3 Å². The number of nitrogens with two attached hydrogens (primary N) is 1. The van der Waals surface area contributed by atoms with Crippen LogP contribution in [0.4, 0.5) is 0 Å². The van der Waals surface area contributed by atoms with Crippen molar-refractivity contribution in [1.82, 2.24) is 15.0 Å². The van der Waals surface area contributed by atoms with Gasteiger partial charge >= 0.3 is 0 Å². The van der Waals surface area contributed by atoms with Crippen LogP contribution < -0.4 is 11.3 Å². The van der Waals surface area contributed by atoms with E-state index in [1.54, 1.807) is 0 Å². The molecule has 5 nitrogen and oxygen atoms in total. The first-order valence-electron chi connectivity index (χ1n) is 6.93. The lowest BCUT2D eigenvalue weighted by atomic mass is 9.82. The van der Waals surface area contributed by atoms with Crippen molar-refractivity contribution in [1.29, 1.82) is 0 Å². The number of hydrogen-bond acceptors (Lipinski definition) is 4. The van der Waals surface area contributed by atoms with Gasteiger partial charge in [0.25, 0.3) is 0 Å². The average molecular weight is 250 g/mol. The third-order valence-corrected chi connectivity index (χ3v) is 4.43. The summed E-state index contributed by atoms with van der Waals surface area (Å²) in [5, 5.41) is 0. The van der Waals surface area contributed by atoms with Crippen molar-refractivity contribution in [2.75, 3.05) is 0 Å². The van der Waals surface area contributed by atoms with Gasteiger partial charge in [0.15, 0.2) is 0 Å². The lowest BCUT2D eigenvalue weighted by Crippen LogP contribution is -2.46. The van der Waals surface area contributed by atoms with Gasteiger partial charge in [-0.2, -0.15) is 0 Å². The Morgan fingerprint density at radius 1 is 1.61 bits per heavy atom. The quantitative estimate of drug-likeness (QED) is 0.600. The van der Waals surface area contributed by atoms with Gasteiger partial charge in [-0.3, -0.25) is 11.3 Å². The number of rotatable bonds is 5. The van der Waals surface area contributed by atoms with E-state index in [0.29, 0.717) is 18.1 Å². The highest BCUT2D eigenvalue weighted by atomic mass is 16.5. The Bertz CT molecular complexity index is 405. The molecule has 3 N–H and O–H groups in total. The Balaban J connectivity index is 1.69. The fraction of sp³-hybridized carbons (Fsp3) is 0.769. The van der Waals surface area contributed by atoms with Crippen molar-refractivity contribution in [3.8, 4) is 0 Å². The molecule has 1 aromatic rings. The zero-order valence-electron chi connectivity index (χ0n) is 10.9. The van der Waals surface area contributed by atoms with Crippen molar-refractivity contribution in [3.05, 3.63) is 18.2 Å². The minimum Gasteiger partial charge on any atom is -0.375 e. The SMILES string of the molecule is CCn1ccnc1CC(NN)C1CC2CCC1O2. The smallest absolute Gasteiger partial charge is 0.110 e. The van der Waals surface area contributed by atoms with Gasteiger partial charge in [0.1, 0.15) is 5.82 Å². The summed E-state index contributed by atoms with van der Waals surface area (Å²) in [4.78, 5) is 4.43. The van der Waals surface area contributed by atoms with Crippen LogP contribution in [-0.4, -0.2) is 27.8 Å². The molecule has 2 aliphatic heterocycles. The van der Waals surface area contributed by atoms with Crippen molar-refractivity contribution in [2.24, 2.45) is 11.8 Å². The summed E-state index contributed by atoms with van der Waals surface area (Å²) in [7, 11) is 0. The molecule has 2 bridgehead atoms. The fourth-order valence-corrected chi connectivity index (χ4v) is 3.45. The molecular weight excluding hydrogens is 228 g/mol. The van der Waals surface area contributed by atoms with Crippen LogP contribution >= 0.6 is 0 Å². The van der Waals surface area contributed by atoms with Crippen molar-refractivity contribution in [2.45, 2.75) is 57.4 Å². The molecule has 100 valence electrons. The van der Waals surface area contributed by atoms with E-state index in [9.17, 15) is 0 Å². The largest absolute Gasteiger partial charge is 0.375 e. The molecular formula is C13H22N4O. The second-order valence-electron chi connectivity index (χ2n) is 5.38. The summed E-state index contributed by atoms with van der Waals surface area (Å²) in [6.45, 7) is 3.09. The number of nitrogens with one attached hydrogen (secondary N) is 1. The topological polar surface area (TPSA) is 65.1 Å². The van der Waals surface area contributed by atoms with Gasteiger partial charge in [-0.25, -0.2) is 4.98 Å². The fourth-order valence-electron chi connectivity index (χ4n) is 3.45. The van der Waals surface area contributed by atoms with Crippen LogP contribution in [0.3, 0.4) is 0 Å². The van der Waals surface area contributed by atoms with Crippen LogP contribution in [0.25, 0.3) is 0 Å². The molecule has 0 spiro atoms. The third kappa shape index (κ3) is 2.06. The Hall–Kier alpha value is -0.910. The van der Waals surface area contributed by atoms with Gasteiger partial charge in [0.05, 0.1) is 12.2 Å². The van der Waals surface area contributed by atoms with E-state index >= 15 is 0 Å². The molecule has 2 fully saturated rings. The third-order valence-electron chi connectivity index (χ3n) is 4.43. The second kappa shape index (κ2) is 4.99. The Morgan fingerprint density at radius 2 is 2.50 bits per heavy atom. The predicted octanol–water partition coefficient (Wildman–Crippen LogP) is 0.845. The van der Waals surface area contributed by atoms with E-state index in [0.717, 1.165) is 25.2 Å². The molecule has 0 aliphatic carbocycles. The van der Waals surface area contributed by atoms with Gasteiger partial charge in [0.2, 0.25) is 0 Å². The van der Waals surface area contributed by atoms with Gasteiger partial charge in [-0.1, -0.05) is 0 Å². The summed E-state index contributed by atoms with van der Waals surface area (Å²) >= 11 is 0. The van der Waals surface area contributed by atoms with Crippen LogP contribution in [0, 0.1) is 5.92 Å². The highest BCUT2D eigenvalue weighted by Crippen LogP contribution is 2.40. The standard InChI is InChI=1S/C13H22N4O/c1-2-17-6-5-15-13(17)8-11(16-14)10-7-9-3-4-12(10)18-9/h5-6,9-12,16H,2-4,7-8,14H2,1H3. The van der Waals surface area contributed by atoms with Crippen LogP contribution in [-0.2, 0) is 17.7 Å².